The number of likely N-dealkylation sites (N-methyl/N-ethyl adjacent to an activating group) is 1. The summed E-state index contributed by atoms with van der Waals surface area (Å²) in [5.74, 6) is 0.147. The molecule has 1 aromatic carbocycles. The molecule has 1 atom stereocenters. The standard InChI is InChI=1S/C7H8O3S.C6H11NO2/c1-6-2-4-7(5-3-6)11(8,9)10;1-7-5(4-8)2-3-6(7)9/h2-5H,1H3,(H,8,9,10);5,8H,2-4H2,1H3. The van der Waals surface area contributed by atoms with Crippen molar-refractivity contribution in [3.05, 3.63) is 29.8 Å². The molecule has 6 nitrogen and oxygen atoms in total. The molecule has 0 saturated carbocycles. The Morgan fingerprint density at radius 2 is 1.85 bits per heavy atom. The highest BCUT2D eigenvalue weighted by molar-refractivity contribution is 7.85. The average Bonchev–Trinajstić information content (AvgIpc) is 2.70. The van der Waals surface area contributed by atoms with Crippen LogP contribution >= 0.6 is 0 Å². The van der Waals surface area contributed by atoms with E-state index in [0.717, 1.165) is 12.0 Å². The number of aliphatic hydroxyl groups excluding tert-OH is 1. The fourth-order valence-corrected chi connectivity index (χ4v) is 2.27. The van der Waals surface area contributed by atoms with Gasteiger partial charge in [-0.2, -0.15) is 8.42 Å². The molecule has 2 N–H and O–H groups in total. The first-order chi connectivity index (χ1) is 9.25. The molecule has 20 heavy (non-hydrogen) atoms. The maximum absolute atomic E-state index is 10.8. The third-order valence-corrected chi connectivity index (χ3v) is 4.03. The molecule has 0 radical (unpaired) electrons. The number of carbonyl (C=O) groups is 1. The number of hydrogen-bond acceptors (Lipinski definition) is 4. The number of benzene rings is 1. The van der Waals surface area contributed by atoms with Crippen molar-refractivity contribution in [2.45, 2.75) is 30.7 Å². The number of likely N-dealkylation sites (tertiary alicyclic amines) is 1. The van der Waals surface area contributed by atoms with Crippen molar-refractivity contribution >= 4 is 16.0 Å². The lowest BCUT2D eigenvalue weighted by atomic mass is 10.2. The molecular formula is C13H19NO5S. The lowest BCUT2D eigenvalue weighted by Gasteiger charge is -2.16. The molecule has 1 amide bonds. The van der Waals surface area contributed by atoms with Crippen LogP contribution in [0.4, 0.5) is 0 Å². The summed E-state index contributed by atoms with van der Waals surface area (Å²) < 4.78 is 29.6. The third kappa shape index (κ3) is 4.59. The van der Waals surface area contributed by atoms with Gasteiger partial charge in [0, 0.05) is 13.5 Å². The number of aryl methyl sites for hydroxylation is 1. The summed E-state index contributed by atoms with van der Waals surface area (Å²) in [5, 5.41) is 8.66. The molecule has 0 aromatic heterocycles. The first kappa shape index (κ1) is 16.6. The molecule has 0 spiro atoms. The molecule has 112 valence electrons. The highest BCUT2D eigenvalue weighted by atomic mass is 32.2. The second-order valence-corrected chi connectivity index (χ2v) is 6.09. The van der Waals surface area contributed by atoms with Crippen molar-refractivity contribution in [2.24, 2.45) is 0 Å². The zero-order valence-electron chi connectivity index (χ0n) is 11.5. The van der Waals surface area contributed by atoms with Gasteiger partial charge >= 0.3 is 0 Å². The monoisotopic (exact) mass is 301 g/mol. The van der Waals surface area contributed by atoms with E-state index in [2.05, 4.69) is 0 Å². The van der Waals surface area contributed by atoms with Crippen LogP contribution < -0.4 is 0 Å². The summed E-state index contributed by atoms with van der Waals surface area (Å²) in [6.45, 7) is 1.94. The molecule has 1 unspecified atom stereocenters. The Morgan fingerprint density at radius 1 is 1.30 bits per heavy atom. The van der Waals surface area contributed by atoms with Gasteiger partial charge in [0.1, 0.15) is 0 Å². The number of amides is 1. The van der Waals surface area contributed by atoms with Crippen molar-refractivity contribution in [1.82, 2.24) is 4.90 Å². The lowest BCUT2D eigenvalue weighted by molar-refractivity contribution is -0.128. The van der Waals surface area contributed by atoms with E-state index >= 15 is 0 Å². The summed E-state index contributed by atoms with van der Waals surface area (Å²) in [7, 11) is -2.29. The van der Waals surface area contributed by atoms with Gasteiger partial charge in [0.15, 0.2) is 0 Å². The van der Waals surface area contributed by atoms with Gasteiger partial charge < -0.3 is 10.0 Å². The quantitative estimate of drug-likeness (QED) is 0.789. The van der Waals surface area contributed by atoms with Crippen LogP contribution in [0.5, 0.6) is 0 Å². The van der Waals surface area contributed by atoms with Gasteiger partial charge in [-0.1, -0.05) is 17.7 Å². The Morgan fingerprint density at radius 3 is 2.15 bits per heavy atom. The predicted octanol–water partition coefficient (Wildman–Crippen LogP) is 0.841. The molecule has 1 aliphatic heterocycles. The minimum atomic E-state index is -4.02. The molecule has 2 rings (SSSR count). The van der Waals surface area contributed by atoms with Crippen molar-refractivity contribution in [2.75, 3.05) is 13.7 Å². The van der Waals surface area contributed by atoms with Gasteiger partial charge in [-0.15, -0.1) is 0 Å². The Hall–Kier alpha value is -1.44. The number of rotatable bonds is 2. The van der Waals surface area contributed by atoms with Gasteiger partial charge in [-0.25, -0.2) is 0 Å². The number of carbonyl (C=O) groups excluding carboxylic acids is 1. The fraction of sp³-hybridized carbons (Fsp3) is 0.462. The van der Waals surface area contributed by atoms with Crippen LogP contribution in [0.25, 0.3) is 0 Å². The highest BCUT2D eigenvalue weighted by Crippen LogP contribution is 2.14. The summed E-state index contributed by atoms with van der Waals surface area (Å²) in [5.41, 5.74) is 0.956. The second kappa shape index (κ2) is 6.83. The van der Waals surface area contributed by atoms with E-state index in [1.165, 1.54) is 12.1 Å². The van der Waals surface area contributed by atoms with E-state index in [0.29, 0.717) is 6.42 Å². The number of nitrogens with zero attached hydrogens (tertiary/aromatic N) is 1. The average molecular weight is 301 g/mol. The molecule has 7 heteroatoms. The van der Waals surface area contributed by atoms with Crippen LogP contribution in [0.1, 0.15) is 18.4 Å². The van der Waals surface area contributed by atoms with Crippen LogP contribution in [0.2, 0.25) is 0 Å². The Bertz CT molecular complexity index is 553. The van der Waals surface area contributed by atoms with Crippen LogP contribution in [-0.4, -0.2) is 48.6 Å². The van der Waals surface area contributed by atoms with E-state index in [9.17, 15) is 13.2 Å². The molecule has 1 aliphatic rings. The zero-order chi connectivity index (χ0) is 15.3. The minimum absolute atomic E-state index is 0.0666. The maximum atomic E-state index is 10.8. The van der Waals surface area contributed by atoms with Gasteiger partial charge in [-0.3, -0.25) is 9.35 Å². The van der Waals surface area contributed by atoms with Gasteiger partial charge in [0.2, 0.25) is 5.91 Å². The van der Waals surface area contributed by atoms with Crippen molar-refractivity contribution in [3.63, 3.8) is 0 Å². The van der Waals surface area contributed by atoms with Crippen molar-refractivity contribution < 1.29 is 22.9 Å². The lowest BCUT2D eigenvalue weighted by Crippen LogP contribution is -2.31. The number of hydrogen-bond donors (Lipinski definition) is 2. The zero-order valence-corrected chi connectivity index (χ0v) is 12.3. The Labute approximate surface area is 118 Å². The van der Waals surface area contributed by atoms with Crippen molar-refractivity contribution in [1.29, 1.82) is 0 Å². The van der Waals surface area contributed by atoms with Gasteiger partial charge in [0.25, 0.3) is 10.1 Å². The summed E-state index contributed by atoms with van der Waals surface area (Å²) >= 11 is 0. The molecule has 1 saturated heterocycles. The fourth-order valence-electron chi connectivity index (χ4n) is 1.79. The molecule has 0 aliphatic carbocycles. The van der Waals surface area contributed by atoms with Crippen LogP contribution in [-0.2, 0) is 14.9 Å². The normalized spacial score (nSPS) is 18.7. The van der Waals surface area contributed by atoms with E-state index in [-0.39, 0.29) is 23.5 Å². The molecule has 1 heterocycles. The van der Waals surface area contributed by atoms with Crippen molar-refractivity contribution in [3.8, 4) is 0 Å². The van der Waals surface area contributed by atoms with E-state index < -0.39 is 10.1 Å². The molecular weight excluding hydrogens is 282 g/mol. The van der Waals surface area contributed by atoms with Gasteiger partial charge in [-0.05, 0) is 25.5 Å². The second-order valence-electron chi connectivity index (χ2n) is 4.67. The van der Waals surface area contributed by atoms with E-state index in [1.54, 1.807) is 24.1 Å². The summed E-state index contributed by atoms with van der Waals surface area (Å²) in [6.07, 6.45) is 1.41. The third-order valence-electron chi connectivity index (χ3n) is 3.16. The van der Waals surface area contributed by atoms with Crippen LogP contribution in [0, 0.1) is 6.92 Å². The molecule has 1 fully saturated rings. The molecule has 0 bridgehead atoms. The first-order valence-corrected chi connectivity index (χ1v) is 7.60. The summed E-state index contributed by atoms with van der Waals surface area (Å²) in [4.78, 5) is 12.3. The van der Waals surface area contributed by atoms with E-state index in [4.69, 9.17) is 9.66 Å². The van der Waals surface area contributed by atoms with E-state index in [1.807, 2.05) is 6.92 Å². The number of aliphatic hydroxyl groups is 1. The van der Waals surface area contributed by atoms with Crippen LogP contribution in [0.3, 0.4) is 0 Å². The topological polar surface area (TPSA) is 94.9 Å². The smallest absolute Gasteiger partial charge is 0.294 e. The first-order valence-electron chi connectivity index (χ1n) is 6.16. The highest BCUT2D eigenvalue weighted by Gasteiger charge is 2.26. The SMILES string of the molecule is CN1C(=O)CCC1CO.Cc1ccc(S(=O)(=O)O)cc1. The maximum Gasteiger partial charge on any atom is 0.294 e. The Kier molecular flexibility index (Phi) is 5.67. The minimum Gasteiger partial charge on any atom is -0.394 e. The predicted molar refractivity (Wildman–Crippen MR) is 73.9 cm³/mol. The van der Waals surface area contributed by atoms with Gasteiger partial charge in [0.05, 0.1) is 17.5 Å². The Balaban J connectivity index is 0.000000204. The molecule has 1 aromatic rings. The van der Waals surface area contributed by atoms with Crippen LogP contribution in [0.15, 0.2) is 29.2 Å². The largest absolute Gasteiger partial charge is 0.394 e. The summed E-state index contributed by atoms with van der Waals surface area (Å²) in [6, 6.07) is 6.07.